The lowest BCUT2D eigenvalue weighted by Crippen LogP contribution is -2.41. The third kappa shape index (κ3) is 3.20. The molecular formula is C17H20N7O2+. The third-order valence-electron chi connectivity index (χ3n) is 4.11. The van der Waals surface area contributed by atoms with Gasteiger partial charge in [-0.1, -0.05) is 30.3 Å². The van der Waals surface area contributed by atoms with E-state index in [1.807, 2.05) is 48.0 Å². The number of aliphatic imine (C=N–C) groups is 1. The highest BCUT2D eigenvalue weighted by atomic mass is 16.6. The quantitative estimate of drug-likeness (QED) is 0.207. The molecular weight excluding hydrogens is 334 g/mol. The molecule has 0 aliphatic rings. The van der Waals surface area contributed by atoms with E-state index in [2.05, 4.69) is 15.8 Å². The second-order valence-corrected chi connectivity index (χ2v) is 5.70. The van der Waals surface area contributed by atoms with Crippen LogP contribution in [0.15, 0.2) is 53.7 Å². The number of aromatic nitrogens is 2. The Hall–Kier alpha value is -3.46. The number of imidazole rings is 1. The lowest BCUT2D eigenvalue weighted by molar-refractivity contribution is -0.634. The Morgan fingerprint density at radius 2 is 2.04 bits per heavy atom. The summed E-state index contributed by atoms with van der Waals surface area (Å²) in [6.07, 6.45) is 1.70. The van der Waals surface area contributed by atoms with Gasteiger partial charge in [0.15, 0.2) is 0 Å². The average molecular weight is 354 g/mol. The van der Waals surface area contributed by atoms with Gasteiger partial charge in [0.2, 0.25) is 11.7 Å². The van der Waals surface area contributed by atoms with Crippen molar-refractivity contribution in [3.8, 4) is 11.3 Å². The second kappa shape index (κ2) is 7.19. The zero-order valence-corrected chi connectivity index (χ0v) is 14.5. The van der Waals surface area contributed by atoms with Gasteiger partial charge >= 0.3 is 5.82 Å². The average Bonchev–Trinajstić information content (AvgIpc) is 2.95. The molecule has 0 fully saturated rings. The van der Waals surface area contributed by atoms with Gasteiger partial charge in [0.1, 0.15) is 6.20 Å². The minimum atomic E-state index is -0.353. The van der Waals surface area contributed by atoms with Crippen LogP contribution in [0.25, 0.3) is 16.9 Å². The van der Waals surface area contributed by atoms with Crippen LogP contribution in [0.4, 0.5) is 5.82 Å². The van der Waals surface area contributed by atoms with Gasteiger partial charge in [-0.3, -0.25) is 10.4 Å². The number of nitro groups is 1. The Kier molecular flexibility index (Phi) is 4.81. The van der Waals surface area contributed by atoms with Gasteiger partial charge in [-0.2, -0.15) is 4.40 Å². The zero-order valence-electron chi connectivity index (χ0n) is 14.5. The van der Waals surface area contributed by atoms with E-state index >= 15 is 0 Å². The summed E-state index contributed by atoms with van der Waals surface area (Å²) in [6, 6.07) is 13.0. The van der Waals surface area contributed by atoms with Crippen molar-refractivity contribution in [3.05, 3.63) is 64.3 Å². The molecule has 0 bridgehead atoms. The van der Waals surface area contributed by atoms with Crippen LogP contribution in [0, 0.1) is 10.1 Å². The monoisotopic (exact) mass is 354 g/mol. The van der Waals surface area contributed by atoms with Gasteiger partial charge < -0.3 is 15.8 Å². The summed E-state index contributed by atoms with van der Waals surface area (Å²) in [5.74, 6) is 0.340. The molecule has 1 aromatic carbocycles. The molecule has 2 aromatic heterocycles. The number of aryl methyl sites for hydroxylation is 1. The first-order valence-corrected chi connectivity index (χ1v) is 7.97. The SMILES string of the molecule is CN=C(N)NNCc1ccc(-c2c([N+](=O)[O-])n3ccccc3[n+]2C)cc1. The molecule has 0 unspecified atom stereocenters. The van der Waals surface area contributed by atoms with Crippen molar-refractivity contribution in [2.45, 2.75) is 6.54 Å². The third-order valence-corrected chi connectivity index (χ3v) is 4.11. The molecule has 2 heterocycles. The van der Waals surface area contributed by atoms with E-state index in [9.17, 15) is 10.1 Å². The van der Waals surface area contributed by atoms with E-state index in [4.69, 9.17) is 5.73 Å². The Bertz CT molecular complexity index is 977. The second-order valence-electron chi connectivity index (χ2n) is 5.70. The number of fused-ring (bicyclic) bond motifs is 1. The lowest BCUT2D eigenvalue weighted by Gasteiger charge is -2.07. The van der Waals surface area contributed by atoms with Gasteiger partial charge in [-0.15, -0.1) is 0 Å². The Morgan fingerprint density at radius 1 is 1.31 bits per heavy atom. The maximum Gasteiger partial charge on any atom is 0.378 e. The smallest absolute Gasteiger partial charge is 0.369 e. The molecule has 3 aromatic rings. The fourth-order valence-electron chi connectivity index (χ4n) is 2.84. The van der Waals surface area contributed by atoms with Crippen LogP contribution in [0.5, 0.6) is 0 Å². The van der Waals surface area contributed by atoms with Crippen LogP contribution in [0.1, 0.15) is 5.56 Å². The van der Waals surface area contributed by atoms with Gasteiger partial charge in [-0.05, 0) is 16.6 Å². The molecule has 9 nitrogen and oxygen atoms in total. The summed E-state index contributed by atoms with van der Waals surface area (Å²) < 4.78 is 3.41. The molecule has 4 N–H and O–H groups in total. The summed E-state index contributed by atoms with van der Waals surface area (Å²) >= 11 is 0. The summed E-state index contributed by atoms with van der Waals surface area (Å²) in [5, 5.41) is 11.7. The van der Waals surface area contributed by atoms with Gasteiger partial charge in [0, 0.05) is 25.2 Å². The van der Waals surface area contributed by atoms with Crippen LogP contribution in [-0.2, 0) is 13.6 Å². The fourth-order valence-corrected chi connectivity index (χ4v) is 2.84. The Labute approximate surface area is 149 Å². The molecule has 0 saturated heterocycles. The van der Waals surface area contributed by atoms with Crippen LogP contribution in [0.3, 0.4) is 0 Å². The molecule has 3 rings (SSSR count). The minimum Gasteiger partial charge on any atom is -0.369 e. The summed E-state index contributed by atoms with van der Waals surface area (Å²) in [7, 11) is 3.41. The molecule has 0 radical (unpaired) electrons. The first-order chi connectivity index (χ1) is 12.5. The molecule has 9 heteroatoms. The van der Waals surface area contributed by atoms with Crippen molar-refractivity contribution in [1.29, 1.82) is 0 Å². The molecule has 0 aliphatic heterocycles. The van der Waals surface area contributed by atoms with E-state index in [0.717, 1.165) is 16.8 Å². The largest absolute Gasteiger partial charge is 0.378 e. The fraction of sp³-hybridized carbons (Fsp3) is 0.176. The number of hydrogen-bond donors (Lipinski definition) is 3. The van der Waals surface area contributed by atoms with Crippen molar-refractivity contribution < 1.29 is 9.49 Å². The van der Waals surface area contributed by atoms with E-state index in [-0.39, 0.29) is 10.7 Å². The zero-order chi connectivity index (χ0) is 18.7. The van der Waals surface area contributed by atoms with E-state index in [1.165, 1.54) is 0 Å². The number of pyridine rings is 1. The number of nitrogens with one attached hydrogen (secondary N) is 2. The predicted molar refractivity (Wildman–Crippen MR) is 98.2 cm³/mol. The maximum absolute atomic E-state index is 11.7. The number of benzene rings is 1. The van der Waals surface area contributed by atoms with Crippen LogP contribution in [-0.4, -0.2) is 22.3 Å². The van der Waals surface area contributed by atoms with Gasteiger partial charge in [0.25, 0.3) is 5.65 Å². The molecule has 0 atom stereocenters. The number of hydrogen-bond acceptors (Lipinski definition) is 4. The Balaban J connectivity index is 1.93. The van der Waals surface area contributed by atoms with E-state index in [0.29, 0.717) is 18.2 Å². The maximum atomic E-state index is 11.7. The van der Waals surface area contributed by atoms with Crippen molar-refractivity contribution in [2.75, 3.05) is 7.05 Å². The molecule has 134 valence electrons. The summed E-state index contributed by atoms with van der Waals surface area (Å²) in [6.45, 7) is 0.530. The van der Waals surface area contributed by atoms with Crippen LogP contribution < -0.4 is 21.2 Å². The number of rotatable bonds is 5. The number of nitrogens with zero attached hydrogens (tertiary/aromatic N) is 4. The minimum absolute atomic E-state index is 0.0440. The molecule has 26 heavy (non-hydrogen) atoms. The number of nitrogens with two attached hydrogens (primary N) is 1. The molecule has 0 spiro atoms. The van der Waals surface area contributed by atoms with E-state index < -0.39 is 0 Å². The molecule has 0 aliphatic carbocycles. The summed E-state index contributed by atoms with van der Waals surface area (Å²) in [5.41, 5.74) is 14.3. The standard InChI is InChI=1S/C17H20N7O2/c1-19-17(18)21-20-11-12-6-8-13(9-7-12)15-16(24(25)26)23-10-4-3-5-14(23)22(15)2/h3-10,20H,11H2,1-2H3,(H3,18,19,21)/q+1. The first-order valence-electron chi connectivity index (χ1n) is 7.97. The summed E-state index contributed by atoms with van der Waals surface area (Å²) in [4.78, 5) is 15.1. The highest BCUT2D eigenvalue weighted by Crippen LogP contribution is 2.28. The Morgan fingerprint density at radius 3 is 2.69 bits per heavy atom. The van der Waals surface area contributed by atoms with Gasteiger partial charge in [-0.25, -0.2) is 9.99 Å². The van der Waals surface area contributed by atoms with Crippen molar-refractivity contribution in [3.63, 3.8) is 0 Å². The molecule has 0 saturated carbocycles. The van der Waals surface area contributed by atoms with Crippen molar-refractivity contribution in [2.24, 2.45) is 17.8 Å². The van der Waals surface area contributed by atoms with E-state index in [1.54, 1.807) is 23.7 Å². The van der Waals surface area contributed by atoms with Crippen molar-refractivity contribution >= 4 is 17.4 Å². The normalized spacial score (nSPS) is 11.7. The lowest BCUT2D eigenvalue weighted by atomic mass is 10.1. The number of hydrazine groups is 1. The number of guanidine groups is 1. The van der Waals surface area contributed by atoms with Crippen LogP contribution in [0.2, 0.25) is 0 Å². The topological polar surface area (TPSA) is 114 Å². The predicted octanol–water partition coefficient (Wildman–Crippen LogP) is 0.878. The van der Waals surface area contributed by atoms with Crippen LogP contribution >= 0.6 is 0 Å². The highest BCUT2D eigenvalue weighted by molar-refractivity contribution is 5.77. The molecule has 0 amide bonds. The van der Waals surface area contributed by atoms with Gasteiger partial charge in [0.05, 0.1) is 7.05 Å². The first kappa shape index (κ1) is 17.4. The van der Waals surface area contributed by atoms with Crippen molar-refractivity contribution in [1.82, 2.24) is 15.3 Å². The highest BCUT2D eigenvalue weighted by Gasteiger charge is 2.29.